The molecule has 226 valence electrons. The number of hydrogen-bond acceptors (Lipinski definition) is 9. The van der Waals surface area contributed by atoms with Crippen LogP contribution in [0.1, 0.15) is 64.0 Å². The van der Waals surface area contributed by atoms with Gasteiger partial charge in [0.25, 0.3) is 5.88 Å². The van der Waals surface area contributed by atoms with E-state index in [1.807, 2.05) is 0 Å². The van der Waals surface area contributed by atoms with E-state index in [1.54, 1.807) is 18.6 Å². The first kappa shape index (κ1) is 27.3. The quantitative estimate of drug-likeness (QED) is 0.339. The molecular formula is C33H41FN8O. The van der Waals surface area contributed by atoms with Crippen molar-refractivity contribution in [2.45, 2.75) is 70.4 Å². The zero-order valence-corrected chi connectivity index (χ0v) is 25.2. The van der Waals surface area contributed by atoms with Gasteiger partial charge >= 0.3 is 0 Å². The normalized spacial score (nSPS) is 25.8. The Labute approximate surface area is 252 Å². The molecule has 10 heteroatoms. The number of benzene rings is 1. The maximum absolute atomic E-state index is 14.5. The maximum atomic E-state index is 14.5. The maximum Gasteiger partial charge on any atom is 0.282 e. The number of aromatic nitrogens is 5. The molecule has 0 bridgehead atoms. The standard InChI is InChI=1S/C33H41FN8O/c1-21(2)30(23-12-25(13-23)40-9-3-10-40)42-17-33(18-42)8-11-41(16-33)31-32(39-38-20-37-31)43-28-7-6-24(34)14-26(28)27-15-35-19-36-29(27)22-4-5-22/h6-7,14-15,19-23,25,30H,3-5,8-13,16-18H2,1-2H3/t23?,25?,30-/m1/s1. The third-order valence-corrected chi connectivity index (χ3v) is 10.7. The van der Waals surface area contributed by atoms with Gasteiger partial charge in [-0.25, -0.2) is 19.3 Å². The van der Waals surface area contributed by atoms with Crippen LogP contribution in [0.25, 0.3) is 11.1 Å². The Hall–Kier alpha value is -3.24. The molecule has 5 aliphatic rings. The lowest BCUT2D eigenvalue weighted by Crippen LogP contribution is -2.66. The number of halogens is 1. The summed E-state index contributed by atoms with van der Waals surface area (Å²) in [5, 5.41) is 8.42. The van der Waals surface area contributed by atoms with Crippen LogP contribution in [-0.2, 0) is 0 Å². The van der Waals surface area contributed by atoms with E-state index in [0.29, 0.717) is 40.9 Å². The molecule has 0 radical (unpaired) electrons. The lowest BCUT2D eigenvalue weighted by atomic mass is 9.67. The van der Waals surface area contributed by atoms with Crippen molar-refractivity contribution in [2.75, 3.05) is 44.2 Å². The number of anilines is 1. The Bertz CT molecular complexity index is 1480. The van der Waals surface area contributed by atoms with Crippen molar-refractivity contribution in [3.05, 3.63) is 48.6 Å². The molecular weight excluding hydrogens is 543 g/mol. The molecule has 1 aromatic carbocycles. The minimum atomic E-state index is -0.334. The molecule has 0 N–H and O–H groups in total. The lowest BCUT2D eigenvalue weighted by molar-refractivity contribution is -0.0857. The molecule has 2 aliphatic carbocycles. The van der Waals surface area contributed by atoms with Gasteiger partial charge in [0.1, 0.15) is 24.2 Å². The molecule has 3 aliphatic heterocycles. The van der Waals surface area contributed by atoms with Crippen LogP contribution in [0.15, 0.2) is 37.1 Å². The van der Waals surface area contributed by atoms with Gasteiger partial charge < -0.3 is 14.5 Å². The summed E-state index contributed by atoms with van der Waals surface area (Å²) in [5.41, 5.74) is 2.64. The second kappa shape index (κ2) is 10.7. The molecule has 0 unspecified atom stereocenters. The molecule has 9 nitrogen and oxygen atoms in total. The molecule has 43 heavy (non-hydrogen) atoms. The topological polar surface area (TPSA) is 83.4 Å². The van der Waals surface area contributed by atoms with Gasteiger partial charge in [-0.3, -0.25) is 4.90 Å². The average molecular weight is 585 g/mol. The van der Waals surface area contributed by atoms with E-state index < -0.39 is 0 Å². The highest BCUT2D eigenvalue weighted by molar-refractivity contribution is 5.73. The summed E-state index contributed by atoms with van der Waals surface area (Å²) in [6.07, 6.45) is 12.2. The zero-order valence-electron chi connectivity index (χ0n) is 25.2. The van der Waals surface area contributed by atoms with Gasteiger partial charge in [0.2, 0.25) is 0 Å². The molecule has 1 atom stereocenters. The average Bonchev–Trinajstić information content (AvgIpc) is 3.69. The number of ether oxygens (including phenoxy) is 1. The molecule has 3 aromatic rings. The van der Waals surface area contributed by atoms with Crippen molar-refractivity contribution in [3.63, 3.8) is 0 Å². The SMILES string of the molecule is CC(C)[C@H](C1CC(N2CCC2)C1)N1CC2(CCN(c3ncnnc3Oc3ccc(F)cc3-c3cncnc3C3CC3)C2)C1. The third kappa shape index (κ3) is 5.06. The molecule has 2 aromatic heterocycles. The van der Waals surface area contributed by atoms with Crippen LogP contribution in [0.2, 0.25) is 0 Å². The van der Waals surface area contributed by atoms with Crippen LogP contribution < -0.4 is 9.64 Å². The van der Waals surface area contributed by atoms with E-state index in [1.165, 1.54) is 50.8 Å². The Kier molecular flexibility index (Phi) is 6.82. The molecule has 8 rings (SSSR count). The summed E-state index contributed by atoms with van der Waals surface area (Å²) in [6, 6.07) is 6.07. The summed E-state index contributed by atoms with van der Waals surface area (Å²) in [5.74, 6) is 3.09. The van der Waals surface area contributed by atoms with Gasteiger partial charge in [-0.15, -0.1) is 10.2 Å². The largest absolute Gasteiger partial charge is 0.434 e. The number of nitrogens with zero attached hydrogens (tertiary/aromatic N) is 8. The van der Waals surface area contributed by atoms with Crippen molar-refractivity contribution in [3.8, 4) is 22.8 Å². The van der Waals surface area contributed by atoms with Gasteiger partial charge in [-0.1, -0.05) is 13.8 Å². The van der Waals surface area contributed by atoms with Crippen molar-refractivity contribution < 1.29 is 9.13 Å². The number of hydrogen-bond donors (Lipinski definition) is 0. The second-order valence-electron chi connectivity index (χ2n) is 14.0. The predicted molar refractivity (Wildman–Crippen MR) is 161 cm³/mol. The Morgan fingerprint density at radius 2 is 1.84 bits per heavy atom. The predicted octanol–water partition coefficient (Wildman–Crippen LogP) is 5.16. The van der Waals surface area contributed by atoms with Crippen molar-refractivity contribution in [2.24, 2.45) is 17.3 Å². The van der Waals surface area contributed by atoms with E-state index in [2.05, 4.69) is 53.7 Å². The highest BCUT2D eigenvalue weighted by Gasteiger charge is 2.53. The summed E-state index contributed by atoms with van der Waals surface area (Å²) >= 11 is 0. The number of likely N-dealkylation sites (tertiary alicyclic amines) is 2. The van der Waals surface area contributed by atoms with Crippen LogP contribution in [-0.4, -0.2) is 86.3 Å². The zero-order chi connectivity index (χ0) is 29.1. The fourth-order valence-electron chi connectivity index (χ4n) is 8.25. The summed E-state index contributed by atoms with van der Waals surface area (Å²) in [7, 11) is 0. The van der Waals surface area contributed by atoms with E-state index in [-0.39, 0.29) is 11.2 Å². The van der Waals surface area contributed by atoms with Crippen LogP contribution in [0.3, 0.4) is 0 Å². The van der Waals surface area contributed by atoms with Gasteiger partial charge in [0, 0.05) is 66.9 Å². The molecule has 3 saturated heterocycles. The van der Waals surface area contributed by atoms with Crippen LogP contribution in [0.5, 0.6) is 11.6 Å². The minimum Gasteiger partial charge on any atom is -0.434 e. The second-order valence-corrected chi connectivity index (χ2v) is 14.0. The molecule has 1 spiro atoms. The fraction of sp³-hybridized carbons (Fsp3) is 0.606. The Morgan fingerprint density at radius 1 is 1.00 bits per heavy atom. The molecule has 5 heterocycles. The van der Waals surface area contributed by atoms with Crippen molar-refractivity contribution in [1.29, 1.82) is 0 Å². The molecule has 5 fully saturated rings. The Morgan fingerprint density at radius 3 is 2.58 bits per heavy atom. The number of rotatable bonds is 9. The van der Waals surface area contributed by atoms with Crippen LogP contribution in [0, 0.1) is 23.1 Å². The van der Waals surface area contributed by atoms with Gasteiger partial charge in [-0.05, 0) is 81.6 Å². The first-order valence-electron chi connectivity index (χ1n) is 16.1. The van der Waals surface area contributed by atoms with E-state index in [0.717, 1.165) is 68.7 Å². The van der Waals surface area contributed by atoms with Crippen molar-refractivity contribution >= 4 is 5.82 Å². The van der Waals surface area contributed by atoms with Crippen LogP contribution in [0.4, 0.5) is 10.2 Å². The van der Waals surface area contributed by atoms with Gasteiger partial charge in [0.15, 0.2) is 5.82 Å². The van der Waals surface area contributed by atoms with E-state index in [4.69, 9.17) is 4.74 Å². The van der Waals surface area contributed by atoms with E-state index in [9.17, 15) is 4.39 Å². The summed E-state index contributed by atoms with van der Waals surface area (Å²) < 4.78 is 20.9. The van der Waals surface area contributed by atoms with Crippen LogP contribution >= 0.6 is 0 Å². The van der Waals surface area contributed by atoms with E-state index >= 15 is 0 Å². The Balaban J connectivity index is 0.976. The first-order chi connectivity index (χ1) is 21.0. The first-order valence-corrected chi connectivity index (χ1v) is 16.1. The van der Waals surface area contributed by atoms with Crippen molar-refractivity contribution in [1.82, 2.24) is 34.9 Å². The van der Waals surface area contributed by atoms with Gasteiger partial charge in [0.05, 0.1) is 5.69 Å². The van der Waals surface area contributed by atoms with Gasteiger partial charge in [-0.2, -0.15) is 0 Å². The third-order valence-electron chi connectivity index (χ3n) is 10.7. The monoisotopic (exact) mass is 584 g/mol. The molecule has 0 amide bonds. The smallest absolute Gasteiger partial charge is 0.282 e. The molecule has 2 saturated carbocycles. The summed E-state index contributed by atoms with van der Waals surface area (Å²) in [6.45, 7) is 11.5. The summed E-state index contributed by atoms with van der Waals surface area (Å²) in [4.78, 5) is 21.2. The lowest BCUT2D eigenvalue weighted by Gasteiger charge is -2.58. The fourth-order valence-corrected chi connectivity index (χ4v) is 8.25. The highest BCUT2D eigenvalue weighted by atomic mass is 19.1. The minimum absolute atomic E-state index is 0.275. The highest BCUT2D eigenvalue weighted by Crippen LogP contribution is 2.49.